The minimum atomic E-state index is -4.31. The molecule has 0 saturated heterocycles. The number of benzene rings is 1. The number of halogens is 4. The number of hydrogen-bond donors (Lipinski definition) is 1. The Morgan fingerprint density at radius 2 is 2.00 bits per heavy atom. The van der Waals surface area contributed by atoms with Crippen LogP contribution in [0.3, 0.4) is 0 Å². The summed E-state index contributed by atoms with van der Waals surface area (Å²) in [7, 11) is 0. The van der Waals surface area contributed by atoms with Gasteiger partial charge in [-0.05, 0) is 32.0 Å². The molecule has 1 heterocycles. The second-order valence-electron chi connectivity index (χ2n) is 5.06. The van der Waals surface area contributed by atoms with Crippen molar-refractivity contribution < 1.29 is 13.2 Å². The van der Waals surface area contributed by atoms with E-state index in [0.717, 1.165) is 4.47 Å². The highest BCUT2D eigenvalue weighted by atomic mass is 79.9. The average Bonchev–Trinajstić information content (AvgIpc) is 2.35. The van der Waals surface area contributed by atoms with Crippen molar-refractivity contribution >= 4 is 38.2 Å². The molecule has 2 rings (SSSR count). The van der Waals surface area contributed by atoms with Crippen molar-refractivity contribution in [1.29, 1.82) is 0 Å². The molecule has 3 nitrogen and oxygen atoms in total. The number of anilines is 2. The molecule has 0 spiro atoms. The molecule has 2 aromatic rings. The first kappa shape index (κ1) is 15.9. The molecule has 1 aromatic heterocycles. The second kappa shape index (κ2) is 5.71. The first-order valence-corrected chi connectivity index (χ1v) is 7.15. The standard InChI is InChI=1S/C14H15BrF3N3/c1-8(2)21(7-14(16,17)18)13-10-5-9(15)3-4-12(10)20-6-11(13)19/h3-6,8H,7,19H2,1-2H3. The molecular formula is C14H15BrF3N3. The van der Waals surface area contributed by atoms with Crippen LogP contribution in [-0.4, -0.2) is 23.7 Å². The molecule has 1 aromatic carbocycles. The van der Waals surface area contributed by atoms with E-state index in [1.807, 2.05) is 0 Å². The molecule has 0 unspecified atom stereocenters. The van der Waals surface area contributed by atoms with Gasteiger partial charge < -0.3 is 10.6 Å². The topological polar surface area (TPSA) is 42.1 Å². The van der Waals surface area contributed by atoms with E-state index in [9.17, 15) is 13.2 Å². The number of nitrogens with two attached hydrogens (primary N) is 1. The van der Waals surface area contributed by atoms with E-state index in [4.69, 9.17) is 5.73 Å². The van der Waals surface area contributed by atoms with Crippen LogP contribution in [0.4, 0.5) is 24.5 Å². The van der Waals surface area contributed by atoms with Crippen LogP contribution in [0.25, 0.3) is 10.9 Å². The molecule has 0 saturated carbocycles. The van der Waals surface area contributed by atoms with Crippen LogP contribution in [0.15, 0.2) is 28.9 Å². The maximum atomic E-state index is 12.9. The SMILES string of the molecule is CC(C)N(CC(F)(F)F)c1c(N)cnc2ccc(Br)cc12. The molecule has 0 aliphatic heterocycles. The van der Waals surface area contributed by atoms with E-state index < -0.39 is 12.7 Å². The highest BCUT2D eigenvalue weighted by Gasteiger charge is 2.33. The minimum Gasteiger partial charge on any atom is -0.396 e. The van der Waals surface area contributed by atoms with Gasteiger partial charge in [0.05, 0.1) is 23.1 Å². The number of aromatic nitrogens is 1. The predicted octanol–water partition coefficient (Wildman–Crippen LogP) is 4.36. The number of alkyl halides is 3. The number of fused-ring (bicyclic) bond motifs is 1. The average molecular weight is 362 g/mol. The van der Waals surface area contributed by atoms with Crippen LogP contribution in [-0.2, 0) is 0 Å². The predicted molar refractivity (Wildman–Crippen MR) is 82.4 cm³/mol. The largest absolute Gasteiger partial charge is 0.405 e. The van der Waals surface area contributed by atoms with Gasteiger partial charge in [0.25, 0.3) is 0 Å². The van der Waals surface area contributed by atoms with Crippen molar-refractivity contribution in [3.63, 3.8) is 0 Å². The molecule has 7 heteroatoms. The zero-order valence-electron chi connectivity index (χ0n) is 11.6. The Bertz CT molecular complexity index is 650. The summed E-state index contributed by atoms with van der Waals surface area (Å²) in [6.45, 7) is 2.35. The van der Waals surface area contributed by atoms with Gasteiger partial charge in [-0.1, -0.05) is 15.9 Å². The zero-order chi connectivity index (χ0) is 15.8. The summed E-state index contributed by atoms with van der Waals surface area (Å²) in [6, 6.07) is 4.92. The summed E-state index contributed by atoms with van der Waals surface area (Å²) >= 11 is 3.33. The fourth-order valence-electron chi connectivity index (χ4n) is 2.20. The van der Waals surface area contributed by atoms with Crippen LogP contribution in [0.5, 0.6) is 0 Å². The number of pyridine rings is 1. The maximum Gasteiger partial charge on any atom is 0.405 e. The third-order valence-corrected chi connectivity index (χ3v) is 3.58. The van der Waals surface area contributed by atoms with Crippen LogP contribution in [0, 0.1) is 0 Å². The van der Waals surface area contributed by atoms with E-state index >= 15 is 0 Å². The van der Waals surface area contributed by atoms with Gasteiger partial charge in [0.15, 0.2) is 0 Å². The number of nitrogen functional groups attached to an aromatic ring is 1. The molecule has 114 valence electrons. The van der Waals surface area contributed by atoms with Gasteiger partial charge in [-0.15, -0.1) is 0 Å². The molecule has 2 N–H and O–H groups in total. The molecule has 0 radical (unpaired) electrons. The van der Waals surface area contributed by atoms with Gasteiger partial charge in [0, 0.05) is 15.9 Å². The first-order chi connectivity index (χ1) is 9.69. The monoisotopic (exact) mass is 361 g/mol. The highest BCUT2D eigenvalue weighted by Crippen LogP contribution is 2.36. The molecule has 0 atom stereocenters. The normalized spacial score (nSPS) is 12.1. The fourth-order valence-corrected chi connectivity index (χ4v) is 2.56. The zero-order valence-corrected chi connectivity index (χ0v) is 13.2. The Morgan fingerprint density at radius 1 is 1.33 bits per heavy atom. The van der Waals surface area contributed by atoms with Crippen molar-refractivity contribution in [2.45, 2.75) is 26.1 Å². The summed E-state index contributed by atoms with van der Waals surface area (Å²) in [4.78, 5) is 5.42. The summed E-state index contributed by atoms with van der Waals surface area (Å²) in [5, 5.41) is 0.599. The smallest absolute Gasteiger partial charge is 0.396 e. The van der Waals surface area contributed by atoms with E-state index in [1.165, 1.54) is 11.1 Å². The van der Waals surface area contributed by atoms with E-state index in [1.54, 1.807) is 32.0 Å². The fraction of sp³-hybridized carbons (Fsp3) is 0.357. The summed E-state index contributed by atoms with van der Waals surface area (Å²) in [5.41, 5.74) is 7.12. The third-order valence-electron chi connectivity index (χ3n) is 3.09. The number of hydrogen-bond acceptors (Lipinski definition) is 3. The van der Waals surface area contributed by atoms with Gasteiger partial charge in [0.2, 0.25) is 0 Å². The van der Waals surface area contributed by atoms with E-state index in [2.05, 4.69) is 20.9 Å². The second-order valence-corrected chi connectivity index (χ2v) is 5.98. The van der Waals surface area contributed by atoms with E-state index in [-0.39, 0.29) is 11.7 Å². The summed E-state index contributed by atoms with van der Waals surface area (Å²) < 4.78 is 39.3. The molecule has 0 aliphatic carbocycles. The van der Waals surface area contributed by atoms with Crippen LogP contribution in [0.1, 0.15) is 13.8 Å². The Hall–Kier alpha value is -1.50. The van der Waals surface area contributed by atoms with Gasteiger partial charge in [-0.2, -0.15) is 13.2 Å². The molecule has 0 bridgehead atoms. The Balaban J connectivity index is 2.66. The van der Waals surface area contributed by atoms with Crippen molar-refractivity contribution in [1.82, 2.24) is 4.98 Å². The molecule has 21 heavy (non-hydrogen) atoms. The Labute approximate surface area is 129 Å². The third kappa shape index (κ3) is 3.58. The Kier molecular flexibility index (Phi) is 4.32. The van der Waals surface area contributed by atoms with Crippen LogP contribution < -0.4 is 10.6 Å². The molecule has 0 amide bonds. The van der Waals surface area contributed by atoms with Gasteiger partial charge in [-0.25, -0.2) is 0 Å². The van der Waals surface area contributed by atoms with Gasteiger partial charge in [-0.3, -0.25) is 4.98 Å². The molecular weight excluding hydrogens is 347 g/mol. The maximum absolute atomic E-state index is 12.9. The van der Waals surface area contributed by atoms with Crippen LogP contribution >= 0.6 is 15.9 Å². The summed E-state index contributed by atoms with van der Waals surface area (Å²) in [5.74, 6) is 0. The number of rotatable bonds is 3. The van der Waals surface area contributed by atoms with Crippen molar-refractivity contribution in [3.8, 4) is 0 Å². The quantitative estimate of drug-likeness (QED) is 0.883. The lowest BCUT2D eigenvalue weighted by Crippen LogP contribution is -2.39. The lowest BCUT2D eigenvalue weighted by Gasteiger charge is -2.31. The van der Waals surface area contributed by atoms with Gasteiger partial charge >= 0.3 is 6.18 Å². The van der Waals surface area contributed by atoms with Crippen molar-refractivity contribution in [3.05, 3.63) is 28.9 Å². The van der Waals surface area contributed by atoms with E-state index in [0.29, 0.717) is 16.6 Å². The lowest BCUT2D eigenvalue weighted by molar-refractivity contribution is -0.120. The van der Waals surface area contributed by atoms with Crippen molar-refractivity contribution in [2.75, 3.05) is 17.2 Å². The number of nitrogens with zero attached hydrogens (tertiary/aromatic N) is 2. The first-order valence-electron chi connectivity index (χ1n) is 6.36. The molecule has 0 aliphatic rings. The lowest BCUT2D eigenvalue weighted by atomic mass is 10.1. The Morgan fingerprint density at radius 3 is 2.57 bits per heavy atom. The minimum absolute atomic E-state index is 0.235. The van der Waals surface area contributed by atoms with Gasteiger partial charge in [0.1, 0.15) is 6.54 Å². The van der Waals surface area contributed by atoms with Crippen molar-refractivity contribution in [2.24, 2.45) is 0 Å². The van der Waals surface area contributed by atoms with Crippen LogP contribution in [0.2, 0.25) is 0 Å². The highest BCUT2D eigenvalue weighted by molar-refractivity contribution is 9.10. The molecule has 0 fully saturated rings. The summed E-state index contributed by atoms with van der Waals surface area (Å²) in [6.07, 6.45) is -2.91.